The Labute approximate surface area is 139 Å². The Morgan fingerprint density at radius 2 is 1.92 bits per heavy atom. The Balaban J connectivity index is 1.89. The van der Waals surface area contributed by atoms with Gasteiger partial charge in [-0.3, -0.25) is 5.32 Å². The molecule has 0 aliphatic rings. The van der Waals surface area contributed by atoms with Crippen molar-refractivity contribution in [3.05, 3.63) is 53.8 Å². The first kappa shape index (κ1) is 17.6. The molecule has 128 valence electrons. The normalized spacial score (nSPS) is 10.2. The molecule has 24 heavy (non-hydrogen) atoms. The summed E-state index contributed by atoms with van der Waals surface area (Å²) < 4.78 is 28.1. The van der Waals surface area contributed by atoms with Crippen LogP contribution in [0.15, 0.2) is 42.5 Å². The van der Waals surface area contributed by atoms with Gasteiger partial charge in [0, 0.05) is 13.2 Å². The SMILES string of the molecule is COCCOC(=O)Nc1ccc(OCc2ccc(F)cc2)cc1N. The number of amides is 1. The van der Waals surface area contributed by atoms with Crippen LogP contribution in [0.1, 0.15) is 5.56 Å². The molecule has 2 aromatic rings. The van der Waals surface area contributed by atoms with E-state index in [-0.39, 0.29) is 19.0 Å². The summed E-state index contributed by atoms with van der Waals surface area (Å²) in [5.74, 6) is 0.242. The minimum absolute atomic E-state index is 0.154. The van der Waals surface area contributed by atoms with E-state index in [1.165, 1.54) is 19.2 Å². The molecule has 0 aliphatic carbocycles. The number of carbonyl (C=O) groups excluding carboxylic acids is 1. The Kier molecular flexibility index (Phi) is 6.39. The standard InChI is InChI=1S/C17H19FN2O4/c1-22-8-9-23-17(21)20-16-7-6-14(10-15(16)19)24-11-12-2-4-13(18)5-3-12/h2-7,10H,8-9,11,19H2,1H3,(H,20,21). The lowest BCUT2D eigenvalue weighted by Gasteiger charge is -2.11. The third-order valence-corrected chi connectivity index (χ3v) is 3.10. The fourth-order valence-corrected chi connectivity index (χ4v) is 1.86. The smallest absolute Gasteiger partial charge is 0.411 e. The van der Waals surface area contributed by atoms with Crippen molar-refractivity contribution in [2.24, 2.45) is 0 Å². The lowest BCUT2D eigenvalue weighted by molar-refractivity contribution is 0.107. The van der Waals surface area contributed by atoms with Gasteiger partial charge in [-0.25, -0.2) is 9.18 Å². The predicted molar refractivity (Wildman–Crippen MR) is 88.4 cm³/mol. The molecule has 0 radical (unpaired) electrons. The molecule has 0 heterocycles. The van der Waals surface area contributed by atoms with E-state index in [4.69, 9.17) is 19.9 Å². The summed E-state index contributed by atoms with van der Waals surface area (Å²) in [6.07, 6.45) is -0.612. The van der Waals surface area contributed by atoms with Gasteiger partial charge in [0.25, 0.3) is 0 Å². The third-order valence-electron chi connectivity index (χ3n) is 3.10. The monoisotopic (exact) mass is 334 g/mol. The van der Waals surface area contributed by atoms with E-state index in [0.717, 1.165) is 5.56 Å². The summed E-state index contributed by atoms with van der Waals surface area (Å²) in [6, 6.07) is 10.9. The summed E-state index contributed by atoms with van der Waals surface area (Å²) >= 11 is 0. The number of halogens is 1. The highest BCUT2D eigenvalue weighted by molar-refractivity contribution is 5.89. The average Bonchev–Trinajstić information content (AvgIpc) is 2.57. The van der Waals surface area contributed by atoms with Crippen molar-refractivity contribution in [1.29, 1.82) is 0 Å². The number of hydrogen-bond donors (Lipinski definition) is 2. The van der Waals surface area contributed by atoms with Gasteiger partial charge in [-0.05, 0) is 29.8 Å². The molecule has 2 aromatic carbocycles. The van der Waals surface area contributed by atoms with Crippen molar-refractivity contribution in [1.82, 2.24) is 0 Å². The van der Waals surface area contributed by atoms with Crippen LogP contribution >= 0.6 is 0 Å². The van der Waals surface area contributed by atoms with Gasteiger partial charge in [-0.15, -0.1) is 0 Å². The zero-order valence-electron chi connectivity index (χ0n) is 13.3. The summed E-state index contributed by atoms with van der Waals surface area (Å²) in [6.45, 7) is 0.756. The second-order valence-corrected chi connectivity index (χ2v) is 4.92. The highest BCUT2D eigenvalue weighted by Gasteiger charge is 2.07. The van der Waals surface area contributed by atoms with Crippen molar-refractivity contribution in [3.63, 3.8) is 0 Å². The fraction of sp³-hybridized carbons (Fsp3) is 0.235. The van der Waals surface area contributed by atoms with E-state index in [1.54, 1.807) is 30.3 Å². The molecule has 0 bridgehead atoms. The number of rotatable bonds is 7. The average molecular weight is 334 g/mol. The van der Waals surface area contributed by atoms with E-state index in [9.17, 15) is 9.18 Å². The van der Waals surface area contributed by atoms with Crippen molar-refractivity contribution in [2.75, 3.05) is 31.4 Å². The molecule has 0 aliphatic heterocycles. The van der Waals surface area contributed by atoms with Crippen LogP contribution in [0, 0.1) is 5.82 Å². The number of nitrogens with two attached hydrogens (primary N) is 1. The first-order chi connectivity index (χ1) is 11.6. The molecule has 3 N–H and O–H groups in total. The van der Waals surface area contributed by atoms with Gasteiger partial charge in [0.1, 0.15) is 24.8 Å². The number of carbonyl (C=O) groups is 1. The molecular weight excluding hydrogens is 315 g/mol. The molecule has 0 saturated heterocycles. The molecule has 0 unspecified atom stereocenters. The van der Waals surface area contributed by atoms with Gasteiger partial charge >= 0.3 is 6.09 Å². The Morgan fingerprint density at radius 1 is 1.17 bits per heavy atom. The van der Waals surface area contributed by atoms with Crippen LogP contribution in [-0.2, 0) is 16.1 Å². The van der Waals surface area contributed by atoms with Gasteiger partial charge in [0.05, 0.1) is 18.0 Å². The lowest BCUT2D eigenvalue weighted by atomic mass is 10.2. The number of hydrogen-bond acceptors (Lipinski definition) is 5. The summed E-state index contributed by atoms with van der Waals surface area (Å²) in [5, 5.41) is 2.54. The van der Waals surface area contributed by atoms with Crippen LogP contribution in [0.4, 0.5) is 20.6 Å². The Morgan fingerprint density at radius 3 is 2.58 bits per heavy atom. The van der Waals surface area contributed by atoms with Gasteiger partial charge < -0.3 is 19.9 Å². The predicted octanol–water partition coefficient (Wildman–Crippen LogP) is 3.18. The lowest BCUT2D eigenvalue weighted by Crippen LogP contribution is -2.17. The quantitative estimate of drug-likeness (QED) is 0.600. The number of nitrogens with one attached hydrogen (secondary N) is 1. The van der Waals surface area contributed by atoms with E-state index >= 15 is 0 Å². The van der Waals surface area contributed by atoms with Gasteiger partial charge in [0.15, 0.2) is 0 Å². The second kappa shape index (κ2) is 8.73. The molecule has 7 heteroatoms. The van der Waals surface area contributed by atoms with Gasteiger partial charge in [0.2, 0.25) is 0 Å². The molecule has 6 nitrogen and oxygen atoms in total. The molecular formula is C17H19FN2O4. The summed E-state index contributed by atoms with van der Waals surface area (Å²) in [4.78, 5) is 11.6. The topological polar surface area (TPSA) is 82.8 Å². The first-order valence-corrected chi connectivity index (χ1v) is 7.28. The van der Waals surface area contributed by atoms with Crippen LogP contribution in [0.3, 0.4) is 0 Å². The van der Waals surface area contributed by atoms with Crippen molar-refractivity contribution >= 4 is 17.5 Å². The highest BCUT2D eigenvalue weighted by atomic mass is 19.1. The number of nitrogen functional groups attached to an aromatic ring is 1. The fourth-order valence-electron chi connectivity index (χ4n) is 1.86. The minimum Gasteiger partial charge on any atom is -0.489 e. The Hall–Kier alpha value is -2.80. The van der Waals surface area contributed by atoms with Crippen LogP contribution in [0.5, 0.6) is 5.75 Å². The summed E-state index contributed by atoms with van der Waals surface area (Å²) in [7, 11) is 1.52. The van der Waals surface area contributed by atoms with Crippen molar-refractivity contribution in [2.45, 2.75) is 6.61 Å². The van der Waals surface area contributed by atoms with Crippen LogP contribution in [0.25, 0.3) is 0 Å². The van der Waals surface area contributed by atoms with Gasteiger partial charge in [-0.1, -0.05) is 12.1 Å². The number of methoxy groups -OCH3 is 1. The minimum atomic E-state index is -0.612. The zero-order chi connectivity index (χ0) is 17.4. The largest absolute Gasteiger partial charge is 0.489 e. The number of benzene rings is 2. The zero-order valence-corrected chi connectivity index (χ0v) is 13.3. The maximum absolute atomic E-state index is 12.8. The summed E-state index contributed by atoms with van der Waals surface area (Å²) in [5.41, 5.74) is 7.49. The van der Waals surface area contributed by atoms with Crippen LogP contribution < -0.4 is 15.8 Å². The van der Waals surface area contributed by atoms with Crippen LogP contribution in [-0.4, -0.2) is 26.4 Å². The highest BCUT2D eigenvalue weighted by Crippen LogP contribution is 2.25. The maximum Gasteiger partial charge on any atom is 0.411 e. The molecule has 0 saturated carbocycles. The molecule has 0 fully saturated rings. The molecule has 0 aromatic heterocycles. The molecule has 0 atom stereocenters. The van der Waals surface area contributed by atoms with E-state index in [0.29, 0.717) is 23.7 Å². The maximum atomic E-state index is 12.8. The first-order valence-electron chi connectivity index (χ1n) is 7.28. The van der Waals surface area contributed by atoms with E-state index in [2.05, 4.69) is 5.32 Å². The molecule has 0 spiro atoms. The molecule has 1 amide bonds. The van der Waals surface area contributed by atoms with Crippen molar-refractivity contribution < 1.29 is 23.4 Å². The number of anilines is 2. The number of ether oxygens (including phenoxy) is 3. The Bertz CT molecular complexity index is 677. The van der Waals surface area contributed by atoms with E-state index < -0.39 is 6.09 Å². The van der Waals surface area contributed by atoms with Gasteiger partial charge in [-0.2, -0.15) is 0 Å². The second-order valence-electron chi connectivity index (χ2n) is 4.92. The van der Waals surface area contributed by atoms with E-state index in [1.807, 2.05) is 0 Å². The van der Waals surface area contributed by atoms with Crippen molar-refractivity contribution in [3.8, 4) is 5.75 Å². The molecule has 2 rings (SSSR count). The van der Waals surface area contributed by atoms with Crippen LogP contribution in [0.2, 0.25) is 0 Å². The third kappa shape index (κ3) is 5.44.